The van der Waals surface area contributed by atoms with Gasteiger partial charge in [0, 0.05) is 43.5 Å². The molecule has 170 valence electrons. The Balaban J connectivity index is 1.21. The summed E-state index contributed by atoms with van der Waals surface area (Å²) in [5.74, 6) is 1.68. The highest BCUT2D eigenvalue weighted by molar-refractivity contribution is 5.94. The van der Waals surface area contributed by atoms with Crippen molar-refractivity contribution in [1.29, 1.82) is 0 Å². The molecule has 0 saturated carbocycles. The van der Waals surface area contributed by atoms with E-state index in [1.165, 1.54) is 5.56 Å². The molecular weight excluding hydrogens is 402 g/mol. The van der Waals surface area contributed by atoms with Gasteiger partial charge in [0.05, 0.1) is 5.92 Å². The van der Waals surface area contributed by atoms with E-state index in [9.17, 15) is 9.59 Å². The number of hydrogen-bond donors (Lipinski definition) is 1. The second-order valence-corrected chi connectivity index (χ2v) is 10.1. The van der Waals surface area contributed by atoms with Gasteiger partial charge in [-0.1, -0.05) is 32.9 Å². The summed E-state index contributed by atoms with van der Waals surface area (Å²) in [6.07, 6.45) is 4.75. The van der Waals surface area contributed by atoms with Crippen LogP contribution in [0.1, 0.15) is 39.2 Å². The lowest BCUT2D eigenvalue weighted by molar-refractivity contribution is -0.140. The molecule has 0 atom stereocenters. The quantitative estimate of drug-likeness (QED) is 0.779. The standard InChI is InChI=1S/C25H33N5O2/c1-25(2,3)24(32)29-13-10-19(11-14-29)15-18-6-8-21(9-7-18)27-23(31)20-16-30(17-20)22-5-4-12-26-28-22/h4-9,12,19-20H,10-11,13-17H2,1-3H3,(H,27,31). The van der Waals surface area contributed by atoms with Crippen LogP contribution in [0.5, 0.6) is 0 Å². The van der Waals surface area contributed by atoms with Gasteiger partial charge in [0.2, 0.25) is 11.8 Å². The molecule has 2 aromatic rings. The summed E-state index contributed by atoms with van der Waals surface area (Å²) in [7, 11) is 0. The maximum atomic E-state index is 12.5. The second kappa shape index (κ2) is 9.27. The molecule has 0 unspecified atom stereocenters. The van der Waals surface area contributed by atoms with Gasteiger partial charge in [0.1, 0.15) is 0 Å². The number of likely N-dealkylation sites (tertiary alicyclic amines) is 1. The van der Waals surface area contributed by atoms with Gasteiger partial charge in [-0.25, -0.2) is 0 Å². The first-order valence-corrected chi connectivity index (χ1v) is 11.5. The number of piperidine rings is 1. The molecule has 4 rings (SSSR count). The Kier molecular flexibility index (Phi) is 6.44. The Bertz CT molecular complexity index is 925. The monoisotopic (exact) mass is 435 g/mol. The Labute approximate surface area is 190 Å². The summed E-state index contributed by atoms with van der Waals surface area (Å²) in [6.45, 7) is 8.99. The van der Waals surface area contributed by atoms with E-state index in [4.69, 9.17) is 0 Å². The summed E-state index contributed by atoms with van der Waals surface area (Å²) >= 11 is 0. The molecule has 1 N–H and O–H groups in total. The Morgan fingerprint density at radius 1 is 1.06 bits per heavy atom. The topological polar surface area (TPSA) is 78.4 Å². The molecule has 3 heterocycles. The van der Waals surface area contributed by atoms with Crippen molar-refractivity contribution in [2.45, 2.75) is 40.0 Å². The van der Waals surface area contributed by atoms with Crippen LogP contribution >= 0.6 is 0 Å². The minimum atomic E-state index is -0.305. The fourth-order valence-corrected chi connectivity index (χ4v) is 4.41. The van der Waals surface area contributed by atoms with Crippen molar-refractivity contribution in [3.05, 3.63) is 48.2 Å². The zero-order valence-corrected chi connectivity index (χ0v) is 19.3. The molecule has 0 aliphatic carbocycles. The number of amides is 2. The van der Waals surface area contributed by atoms with Crippen molar-refractivity contribution in [1.82, 2.24) is 15.1 Å². The SMILES string of the molecule is CC(C)(C)C(=O)N1CCC(Cc2ccc(NC(=O)C3CN(c4cccnn4)C3)cc2)CC1. The Morgan fingerprint density at radius 3 is 2.34 bits per heavy atom. The van der Waals surface area contributed by atoms with Crippen LogP contribution in [0.4, 0.5) is 11.5 Å². The van der Waals surface area contributed by atoms with Gasteiger partial charge in [-0.05, 0) is 55.0 Å². The van der Waals surface area contributed by atoms with Crippen molar-refractivity contribution in [2.75, 3.05) is 36.4 Å². The fourth-order valence-electron chi connectivity index (χ4n) is 4.41. The highest BCUT2D eigenvalue weighted by atomic mass is 16.2. The Morgan fingerprint density at radius 2 is 1.75 bits per heavy atom. The lowest BCUT2D eigenvalue weighted by Crippen LogP contribution is -2.52. The fraction of sp³-hybridized carbons (Fsp3) is 0.520. The van der Waals surface area contributed by atoms with E-state index >= 15 is 0 Å². The van der Waals surface area contributed by atoms with Crippen LogP contribution in [0.3, 0.4) is 0 Å². The van der Waals surface area contributed by atoms with Gasteiger partial charge in [-0.15, -0.1) is 5.10 Å². The average molecular weight is 436 g/mol. The maximum Gasteiger partial charge on any atom is 0.231 e. The molecule has 7 nitrogen and oxygen atoms in total. The number of carbonyl (C=O) groups excluding carboxylic acids is 2. The van der Waals surface area contributed by atoms with E-state index in [2.05, 4.69) is 32.5 Å². The number of benzene rings is 1. The molecule has 0 radical (unpaired) electrons. The third-order valence-corrected chi connectivity index (χ3v) is 6.42. The van der Waals surface area contributed by atoms with Gasteiger partial charge in [0.15, 0.2) is 5.82 Å². The summed E-state index contributed by atoms with van der Waals surface area (Å²) in [6, 6.07) is 12.0. The van der Waals surface area contributed by atoms with Crippen LogP contribution < -0.4 is 10.2 Å². The molecule has 0 spiro atoms. The van der Waals surface area contributed by atoms with Crippen molar-refractivity contribution in [3.8, 4) is 0 Å². The van der Waals surface area contributed by atoms with Crippen molar-refractivity contribution in [2.24, 2.45) is 17.3 Å². The van der Waals surface area contributed by atoms with Crippen LogP contribution in [-0.2, 0) is 16.0 Å². The van der Waals surface area contributed by atoms with Crippen molar-refractivity contribution < 1.29 is 9.59 Å². The third-order valence-electron chi connectivity index (χ3n) is 6.42. The highest BCUT2D eigenvalue weighted by Gasteiger charge is 2.34. The number of aromatic nitrogens is 2. The smallest absolute Gasteiger partial charge is 0.231 e. The molecule has 2 saturated heterocycles. The zero-order chi connectivity index (χ0) is 22.7. The molecule has 7 heteroatoms. The molecular formula is C25H33N5O2. The van der Waals surface area contributed by atoms with E-state index in [1.807, 2.05) is 49.9 Å². The Hall–Kier alpha value is -2.96. The van der Waals surface area contributed by atoms with E-state index in [-0.39, 0.29) is 23.1 Å². The largest absolute Gasteiger partial charge is 0.353 e. The molecule has 2 aliphatic heterocycles. The van der Waals surface area contributed by atoms with E-state index in [0.717, 1.165) is 43.9 Å². The molecule has 0 bridgehead atoms. The molecule has 2 amide bonds. The van der Waals surface area contributed by atoms with Crippen LogP contribution in [0, 0.1) is 17.3 Å². The highest BCUT2D eigenvalue weighted by Crippen LogP contribution is 2.27. The summed E-state index contributed by atoms with van der Waals surface area (Å²) in [4.78, 5) is 29.1. The molecule has 1 aromatic carbocycles. The average Bonchev–Trinajstić information content (AvgIpc) is 2.74. The molecule has 32 heavy (non-hydrogen) atoms. The summed E-state index contributed by atoms with van der Waals surface area (Å²) < 4.78 is 0. The summed E-state index contributed by atoms with van der Waals surface area (Å²) in [5.41, 5.74) is 1.81. The lowest BCUT2D eigenvalue weighted by Gasteiger charge is -2.38. The number of anilines is 2. The third kappa shape index (κ3) is 5.26. The zero-order valence-electron chi connectivity index (χ0n) is 19.3. The molecule has 2 aliphatic rings. The van der Waals surface area contributed by atoms with E-state index < -0.39 is 0 Å². The molecule has 2 fully saturated rings. The first-order valence-electron chi connectivity index (χ1n) is 11.5. The van der Waals surface area contributed by atoms with Gasteiger partial charge in [-0.3, -0.25) is 9.59 Å². The van der Waals surface area contributed by atoms with Crippen molar-refractivity contribution in [3.63, 3.8) is 0 Å². The second-order valence-electron chi connectivity index (χ2n) is 10.1. The van der Waals surface area contributed by atoms with Gasteiger partial charge in [-0.2, -0.15) is 5.10 Å². The summed E-state index contributed by atoms with van der Waals surface area (Å²) in [5, 5.41) is 11.0. The normalized spacial score (nSPS) is 17.7. The van der Waals surface area contributed by atoms with Crippen LogP contribution in [0.25, 0.3) is 0 Å². The maximum absolute atomic E-state index is 12.5. The number of carbonyl (C=O) groups is 2. The predicted octanol–water partition coefficient (Wildman–Crippen LogP) is 3.38. The predicted molar refractivity (Wildman–Crippen MR) is 125 cm³/mol. The minimum Gasteiger partial charge on any atom is -0.353 e. The number of nitrogens with one attached hydrogen (secondary N) is 1. The van der Waals surface area contributed by atoms with Gasteiger partial charge in [0.25, 0.3) is 0 Å². The van der Waals surface area contributed by atoms with E-state index in [1.54, 1.807) is 6.20 Å². The van der Waals surface area contributed by atoms with Crippen LogP contribution in [0.2, 0.25) is 0 Å². The first kappa shape index (κ1) is 22.2. The number of nitrogens with zero attached hydrogens (tertiary/aromatic N) is 4. The van der Waals surface area contributed by atoms with Crippen LogP contribution in [0.15, 0.2) is 42.6 Å². The van der Waals surface area contributed by atoms with Gasteiger partial charge < -0.3 is 15.1 Å². The number of rotatable bonds is 5. The lowest BCUT2D eigenvalue weighted by atomic mass is 9.88. The van der Waals surface area contributed by atoms with Gasteiger partial charge >= 0.3 is 0 Å². The molecule has 1 aromatic heterocycles. The minimum absolute atomic E-state index is 0.0299. The first-order chi connectivity index (χ1) is 15.3. The number of hydrogen-bond acceptors (Lipinski definition) is 5. The van der Waals surface area contributed by atoms with E-state index in [0.29, 0.717) is 19.0 Å². The van der Waals surface area contributed by atoms with Crippen molar-refractivity contribution >= 4 is 23.3 Å². The van der Waals surface area contributed by atoms with Crippen LogP contribution in [-0.4, -0.2) is 53.1 Å².